The average molecular weight is 299 g/mol. The van der Waals surface area contributed by atoms with Crippen LogP contribution in [0.5, 0.6) is 0 Å². The molecular weight excluding hydrogens is 278 g/mol. The summed E-state index contributed by atoms with van der Waals surface area (Å²) >= 11 is 0. The van der Waals surface area contributed by atoms with E-state index < -0.39 is 0 Å². The molecule has 0 aliphatic heterocycles. The van der Waals surface area contributed by atoms with Crippen molar-refractivity contribution >= 4 is 5.91 Å². The second-order valence-corrected chi connectivity index (χ2v) is 5.63. The molecule has 0 saturated carbocycles. The van der Waals surface area contributed by atoms with Gasteiger partial charge in [0.15, 0.2) is 0 Å². The third kappa shape index (κ3) is 4.04. The van der Waals surface area contributed by atoms with Crippen LogP contribution in [0.15, 0.2) is 47.5 Å². The molecule has 5 nitrogen and oxygen atoms in total. The number of aromatic nitrogens is 2. The molecule has 0 radical (unpaired) electrons. The number of amides is 1. The van der Waals surface area contributed by atoms with Crippen molar-refractivity contribution in [1.82, 2.24) is 14.9 Å². The Balaban J connectivity index is 2.02. The van der Waals surface area contributed by atoms with Crippen LogP contribution in [-0.2, 0) is 11.3 Å². The molecule has 0 unspecified atom stereocenters. The van der Waals surface area contributed by atoms with Crippen LogP contribution < -0.4 is 10.9 Å². The molecule has 5 heteroatoms. The third-order valence-corrected chi connectivity index (χ3v) is 3.48. The third-order valence-electron chi connectivity index (χ3n) is 3.48. The Kier molecular flexibility index (Phi) is 5.09. The second-order valence-electron chi connectivity index (χ2n) is 5.63. The minimum Gasteiger partial charge on any atom is -0.348 e. The highest BCUT2D eigenvalue weighted by Gasteiger charge is 2.11. The van der Waals surface area contributed by atoms with Crippen LogP contribution in [-0.4, -0.2) is 15.5 Å². The molecule has 116 valence electrons. The SMILES string of the molecule is CC(C)c1cc(=O)n(CC(=O)N[C@@H](C)c2ccccc2)cn1. The van der Waals surface area contributed by atoms with Crippen molar-refractivity contribution in [1.29, 1.82) is 0 Å². The lowest BCUT2D eigenvalue weighted by atomic mass is 10.1. The van der Waals surface area contributed by atoms with Gasteiger partial charge in [0.1, 0.15) is 6.54 Å². The molecule has 1 N–H and O–H groups in total. The van der Waals surface area contributed by atoms with E-state index in [-0.39, 0.29) is 30.0 Å². The van der Waals surface area contributed by atoms with Crippen LogP contribution >= 0.6 is 0 Å². The van der Waals surface area contributed by atoms with E-state index in [2.05, 4.69) is 10.3 Å². The molecule has 0 spiro atoms. The standard InChI is InChI=1S/C17H21N3O2/c1-12(2)15-9-17(22)20(11-18-15)10-16(21)19-13(3)14-7-5-4-6-8-14/h4-9,11-13H,10H2,1-3H3,(H,19,21)/t13-/m0/s1. The minimum atomic E-state index is -0.211. The van der Waals surface area contributed by atoms with E-state index in [1.165, 1.54) is 17.0 Å². The first-order valence-electron chi connectivity index (χ1n) is 7.38. The molecule has 22 heavy (non-hydrogen) atoms. The summed E-state index contributed by atoms with van der Waals surface area (Å²) in [6, 6.07) is 11.1. The summed E-state index contributed by atoms with van der Waals surface area (Å²) in [6.45, 7) is 5.83. The Hall–Kier alpha value is -2.43. The van der Waals surface area contributed by atoms with Gasteiger partial charge in [-0.15, -0.1) is 0 Å². The molecule has 2 rings (SSSR count). The quantitative estimate of drug-likeness (QED) is 0.921. The van der Waals surface area contributed by atoms with Crippen molar-refractivity contribution in [2.75, 3.05) is 0 Å². The largest absolute Gasteiger partial charge is 0.348 e. The van der Waals surface area contributed by atoms with E-state index in [1.807, 2.05) is 51.1 Å². The highest BCUT2D eigenvalue weighted by Crippen LogP contribution is 2.11. The van der Waals surface area contributed by atoms with E-state index in [0.29, 0.717) is 0 Å². The summed E-state index contributed by atoms with van der Waals surface area (Å²) in [7, 11) is 0. The molecule has 0 fully saturated rings. The van der Waals surface area contributed by atoms with Gasteiger partial charge in [-0.3, -0.25) is 14.2 Å². The fourth-order valence-corrected chi connectivity index (χ4v) is 2.14. The molecular formula is C17H21N3O2. The molecule has 1 aromatic heterocycles. The predicted molar refractivity (Wildman–Crippen MR) is 85.6 cm³/mol. The van der Waals surface area contributed by atoms with Crippen molar-refractivity contribution in [2.45, 2.75) is 39.3 Å². The first kappa shape index (κ1) is 15.9. The summed E-state index contributed by atoms with van der Waals surface area (Å²) in [5.74, 6) is -0.0215. The molecule has 1 atom stereocenters. The van der Waals surface area contributed by atoms with Gasteiger partial charge in [0.25, 0.3) is 5.56 Å². The number of carbonyl (C=O) groups is 1. The Morgan fingerprint density at radius 1 is 1.23 bits per heavy atom. The highest BCUT2D eigenvalue weighted by molar-refractivity contribution is 5.76. The molecule has 0 aliphatic rings. The van der Waals surface area contributed by atoms with Crippen LogP contribution in [0.25, 0.3) is 0 Å². The fraction of sp³-hybridized carbons (Fsp3) is 0.353. The van der Waals surface area contributed by atoms with Gasteiger partial charge < -0.3 is 5.32 Å². The summed E-state index contributed by atoms with van der Waals surface area (Å²) in [6.07, 6.45) is 1.43. The Bertz CT molecular complexity index is 693. The van der Waals surface area contributed by atoms with Gasteiger partial charge in [0, 0.05) is 6.07 Å². The van der Waals surface area contributed by atoms with E-state index in [4.69, 9.17) is 0 Å². The normalized spacial score (nSPS) is 12.2. The van der Waals surface area contributed by atoms with Crippen molar-refractivity contribution in [3.05, 3.63) is 64.3 Å². The Morgan fingerprint density at radius 2 is 1.91 bits per heavy atom. The van der Waals surface area contributed by atoms with E-state index >= 15 is 0 Å². The molecule has 1 heterocycles. The first-order valence-corrected chi connectivity index (χ1v) is 7.38. The zero-order valence-corrected chi connectivity index (χ0v) is 13.1. The maximum Gasteiger partial charge on any atom is 0.254 e. The van der Waals surface area contributed by atoms with Gasteiger partial charge in [-0.05, 0) is 18.4 Å². The van der Waals surface area contributed by atoms with E-state index in [1.54, 1.807) is 0 Å². The van der Waals surface area contributed by atoms with Gasteiger partial charge in [-0.2, -0.15) is 0 Å². The van der Waals surface area contributed by atoms with Crippen LogP contribution in [0.4, 0.5) is 0 Å². The number of nitrogens with one attached hydrogen (secondary N) is 1. The number of hydrogen-bond donors (Lipinski definition) is 1. The monoisotopic (exact) mass is 299 g/mol. The summed E-state index contributed by atoms with van der Waals surface area (Å²) in [4.78, 5) is 28.3. The number of carbonyl (C=O) groups excluding carboxylic acids is 1. The van der Waals surface area contributed by atoms with Gasteiger partial charge in [0.2, 0.25) is 5.91 Å². The van der Waals surface area contributed by atoms with Gasteiger partial charge >= 0.3 is 0 Å². The van der Waals surface area contributed by atoms with Crippen molar-refractivity contribution in [3.8, 4) is 0 Å². The van der Waals surface area contributed by atoms with Crippen molar-refractivity contribution in [3.63, 3.8) is 0 Å². The molecule has 1 aromatic carbocycles. The maximum atomic E-state index is 12.1. The summed E-state index contributed by atoms with van der Waals surface area (Å²) < 4.78 is 1.32. The van der Waals surface area contributed by atoms with Gasteiger partial charge in [-0.1, -0.05) is 44.2 Å². The zero-order valence-electron chi connectivity index (χ0n) is 13.1. The number of benzene rings is 1. The van der Waals surface area contributed by atoms with Gasteiger partial charge in [-0.25, -0.2) is 4.98 Å². The van der Waals surface area contributed by atoms with Crippen LogP contribution in [0.3, 0.4) is 0 Å². The first-order chi connectivity index (χ1) is 10.5. The summed E-state index contributed by atoms with van der Waals surface area (Å²) in [5, 5.41) is 2.88. The fourth-order valence-electron chi connectivity index (χ4n) is 2.14. The molecule has 0 aliphatic carbocycles. The predicted octanol–water partition coefficient (Wildman–Crippen LogP) is 2.24. The van der Waals surface area contributed by atoms with Gasteiger partial charge in [0.05, 0.1) is 18.1 Å². The van der Waals surface area contributed by atoms with Crippen LogP contribution in [0.2, 0.25) is 0 Å². The van der Waals surface area contributed by atoms with E-state index in [0.717, 1.165) is 11.3 Å². The Morgan fingerprint density at radius 3 is 2.50 bits per heavy atom. The Labute approximate surface area is 130 Å². The molecule has 0 bridgehead atoms. The van der Waals surface area contributed by atoms with Crippen molar-refractivity contribution in [2.24, 2.45) is 0 Å². The van der Waals surface area contributed by atoms with E-state index in [9.17, 15) is 9.59 Å². The smallest absolute Gasteiger partial charge is 0.254 e. The van der Waals surface area contributed by atoms with Crippen LogP contribution in [0, 0.1) is 0 Å². The lowest BCUT2D eigenvalue weighted by Gasteiger charge is -2.15. The lowest BCUT2D eigenvalue weighted by molar-refractivity contribution is -0.122. The zero-order chi connectivity index (χ0) is 16.1. The minimum absolute atomic E-state index is 0.0264. The molecule has 2 aromatic rings. The highest BCUT2D eigenvalue weighted by atomic mass is 16.2. The summed E-state index contributed by atoms with van der Waals surface area (Å²) in [5.41, 5.74) is 1.55. The maximum absolute atomic E-state index is 12.1. The number of hydrogen-bond acceptors (Lipinski definition) is 3. The number of nitrogens with zero attached hydrogens (tertiary/aromatic N) is 2. The lowest BCUT2D eigenvalue weighted by Crippen LogP contribution is -2.34. The average Bonchev–Trinajstić information content (AvgIpc) is 2.50. The number of rotatable bonds is 5. The molecule has 0 saturated heterocycles. The van der Waals surface area contributed by atoms with Crippen molar-refractivity contribution < 1.29 is 4.79 Å². The second kappa shape index (κ2) is 7.02. The van der Waals surface area contributed by atoms with Crippen LogP contribution in [0.1, 0.15) is 44.0 Å². The topological polar surface area (TPSA) is 64.0 Å². The molecule has 1 amide bonds.